The molecule has 0 unspecified atom stereocenters. The molecule has 3 rings (SSSR count). The number of para-hydroxylation sites is 1. The largest absolute Gasteiger partial charge is 0.457 e. The summed E-state index contributed by atoms with van der Waals surface area (Å²) in [6.45, 7) is 2.59. The van der Waals surface area contributed by atoms with Gasteiger partial charge < -0.3 is 15.4 Å². The fourth-order valence-corrected chi connectivity index (χ4v) is 2.58. The number of anilines is 1. The molecular weight excluding hydrogens is 352 g/mol. The fraction of sp³-hybridized carbons (Fsp3) is 0.130. The molecule has 2 amide bonds. The second-order valence-electron chi connectivity index (χ2n) is 6.23. The average molecular weight is 374 g/mol. The minimum atomic E-state index is -0.276. The zero-order valence-corrected chi connectivity index (χ0v) is 15.6. The van der Waals surface area contributed by atoms with E-state index >= 15 is 0 Å². The number of hydrogen-bond acceptors (Lipinski definition) is 3. The molecule has 5 nitrogen and oxygen atoms in total. The summed E-state index contributed by atoms with van der Waals surface area (Å²) in [5, 5.41) is 5.64. The summed E-state index contributed by atoms with van der Waals surface area (Å²) < 4.78 is 5.74. The van der Waals surface area contributed by atoms with E-state index < -0.39 is 0 Å². The first-order valence-electron chi connectivity index (χ1n) is 9.18. The third kappa shape index (κ3) is 5.20. The second kappa shape index (κ2) is 9.37. The van der Waals surface area contributed by atoms with Crippen LogP contribution in [0.3, 0.4) is 0 Å². The molecule has 0 heterocycles. The zero-order valence-electron chi connectivity index (χ0n) is 15.6. The van der Waals surface area contributed by atoms with Gasteiger partial charge in [0.1, 0.15) is 11.5 Å². The number of nitrogens with one attached hydrogen (secondary N) is 2. The SMILES string of the molecule is CCCNC(=O)c1cccc(C(=O)Nc2ccc(Oc3ccccc3)cc2)c1. The van der Waals surface area contributed by atoms with Gasteiger partial charge >= 0.3 is 0 Å². The highest BCUT2D eigenvalue weighted by Crippen LogP contribution is 2.23. The lowest BCUT2D eigenvalue weighted by atomic mass is 10.1. The van der Waals surface area contributed by atoms with Gasteiger partial charge in [-0.1, -0.05) is 31.2 Å². The molecule has 28 heavy (non-hydrogen) atoms. The number of carbonyl (C=O) groups is 2. The first kappa shape index (κ1) is 19.2. The minimum absolute atomic E-state index is 0.182. The molecule has 0 aliphatic carbocycles. The molecule has 5 heteroatoms. The lowest BCUT2D eigenvalue weighted by Gasteiger charge is -2.09. The van der Waals surface area contributed by atoms with Crippen molar-refractivity contribution in [2.24, 2.45) is 0 Å². The number of benzene rings is 3. The van der Waals surface area contributed by atoms with E-state index in [0.29, 0.717) is 29.1 Å². The Kier molecular flexibility index (Phi) is 6.41. The minimum Gasteiger partial charge on any atom is -0.457 e. The van der Waals surface area contributed by atoms with E-state index in [1.165, 1.54) is 0 Å². The Morgan fingerprint density at radius 2 is 1.43 bits per heavy atom. The summed E-state index contributed by atoms with van der Waals surface area (Å²) in [5.41, 5.74) is 1.53. The molecule has 0 atom stereocenters. The van der Waals surface area contributed by atoms with Gasteiger partial charge in [0, 0.05) is 23.4 Å². The summed E-state index contributed by atoms with van der Waals surface area (Å²) in [6.07, 6.45) is 0.857. The molecule has 3 aromatic rings. The quantitative estimate of drug-likeness (QED) is 0.620. The Hall–Kier alpha value is -3.60. The van der Waals surface area contributed by atoms with Gasteiger partial charge in [-0.2, -0.15) is 0 Å². The van der Waals surface area contributed by atoms with Crippen molar-refractivity contribution < 1.29 is 14.3 Å². The lowest BCUT2D eigenvalue weighted by molar-refractivity contribution is 0.0953. The van der Waals surface area contributed by atoms with Crippen molar-refractivity contribution in [3.8, 4) is 11.5 Å². The molecule has 0 saturated carbocycles. The van der Waals surface area contributed by atoms with Crippen LogP contribution in [0.2, 0.25) is 0 Å². The van der Waals surface area contributed by atoms with Gasteiger partial charge in [-0.3, -0.25) is 9.59 Å². The third-order valence-electron chi connectivity index (χ3n) is 4.01. The van der Waals surface area contributed by atoms with Gasteiger partial charge in [-0.15, -0.1) is 0 Å². The van der Waals surface area contributed by atoms with E-state index in [-0.39, 0.29) is 11.8 Å². The van der Waals surface area contributed by atoms with Crippen LogP contribution < -0.4 is 15.4 Å². The van der Waals surface area contributed by atoms with E-state index in [2.05, 4.69) is 10.6 Å². The van der Waals surface area contributed by atoms with E-state index in [0.717, 1.165) is 12.2 Å². The number of amides is 2. The normalized spacial score (nSPS) is 10.2. The predicted octanol–water partition coefficient (Wildman–Crippen LogP) is 4.87. The van der Waals surface area contributed by atoms with Crippen LogP contribution in [0.25, 0.3) is 0 Å². The Morgan fingerprint density at radius 1 is 0.786 bits per heavy atom. The molecule has 0 aromatic heterocycles. The molecule has 142 valence electrons. The van der Waals surface area contributed by atoms with Gasteiger partial charge in [0.05, 0.1) is 0 Å². The van der Waals surface area contributed by atoms with Crippen LogP contribution in [0, 0.1) is 0 Å². The summed E-state index contributed by atoms with van der Waals surface area (Å²) >= 11 is 0. The summed E-state index contributed by atoms with van der Waals surface area (Å²) in [7, 11) is 0. The van der Waals surface area contributed by atoms with Crippen LogP contribution in [-0.4, -0.2) is 18.4 Å². The molecule has 0 aliphatic heterocycles. The molecule has 2 N–H and O–H groups in total. The predicted molar refractivity (Wildman–Crippen MR) is 110 cm³/mol. The third-order valence-corrected chi connectivity index (χ3v) is 4.01. The van der Waals surface area contributed by atoms with E-state index in [4.69, 9.17) is 4.74 Å². The molecule has 0 saturated heterocycles. The topological polar surface area (TPSA) is 67.4 Å². The lowest BCUT2D eigenvalue weighted by Crippen LogP contribution is -2.24. The molecule has 0 bridgehead atoms. The van der Waals surface area contributed by atoms with Crippen LogP contribution >= 0.6 is 0 Å². The van der Waals surface area contributed by atoms with Gasteiger partial charge in [0.2, 0.25) is 0 Å². The highest BCUT2D eigenvalue weighted by atomic mass is 16.5. The second-order valence-corrected chi connectivity index (χ2v) is 6.23. The zero-order chi connectivity index (χ0) is 19.8. The standard InChI is InChI=1S/C23H22N2O3/c1-2-15-24-22(26)17-7-6-8-18(16-17)23(27)25-19-11-13-21(14-12-19)28-20-9-4-3-5-10-20/h3-14,16H,2,15H2,1H3,(H,24,26)(H,25,27). The molecule has 0 spiro atoms. The van der Waals surface area contributed by atoms with Crippen molar-refractivity contribution >= 4 is 17.5 Å². The molecule has 0 fully saturated rings. The van der Waals surface area contributed by atoms with Gasteiger partial charge in [0.15, 0.2) is 0 Å². The maximum atomic E-state index is 12.5. The highest BCUT2D eigenvalue weighted by molar-refractivity contribution is 6.06. The van der Waals surface area contributed by atoms with Gasteiger partial charge in [-0.25, -0.2) is 0 Å². The first-order valence-corrected chi connectivity index (χ1v) is 9.18. The van der Waals surface area contributed by atoms with Crippen molar-refractivity contribution in [3.63, 3.8) is 0 Å². The number of rotatable bonds is 7. The van der Waals surface area contributed by atoms with E-state index in [1.54, 1.807) is 48.5 Å². The molecule has 0 radical (unpaired) electrons. The molecule has 3 aromatic carbocycles. The van der Waals surface area contributed by atoms with Crippen molar-refractivity contribution in [1.82, 2.24) is 5.32 Å². The summed E-state index contributed by atoms with van der Waals surface area (Å²) in [5.74, 6) is 0.969. The Labute approximate surface area is 164 Å². The van der Waals surface area contributed by atoms with Gasteiger partial charge in [0.25, 0.3) is 11.8 Å². The Morgan fingerprint density at radius 3 is 2.11 bits per heavy atom. The fourth-order valence-electron chi connectivity index (χ4n) is 2.58. The van der Waals surface area contributed by atoms with Crippen LogP contribution in [0.5, 0.6) is 11.5 Å². The Balaban J connectivity index is 1.63. The maximum Gasteiger partial charge on any atom is 0.255 e. The van der Waals surface area contributed by atoms with Crippen molar-refractivity contribution in [3.05, 3.63) is 90.0 Å². The average Bonchev–Trinajstić information content (AvgIpc) is 2.74. The Bertz CT molecular complexity index is 938. The van der Waals surface area contributed by atoms with Gasteiger partial charge in [-0.05, 0) is 61.0 Å². The van der Waals surface area contributed by atoms with E-state index in [9.17, 15) is 9.59 Å². The van der Waals surface area contributed by atoms with Crippen LogP contribution in [0.4, 0.5) is 5.69 Å². The highest BCUT2D eigenvalue weighted by Gasteiger charge is 2.10. The first-order chi connectivity index (χ1) is 13.7. The summed E-state index contributed by atoms with van der Waals surface area (Å²) in [4.78, 5) is 24.6. The van der Waals surface area contributed by atoms with Crippen molar-refractivity contribution in [2.45, 2.75) is 13.3 Å². The smallest absolute Gasteiger partial charge is 0.255 e. The van der Waals surface area contributed by atoms with Crippen LogP contribution in [-0.2, 0) is 0 Å². The monoisotopic (exact) mass is 374 g/mol. The molecule has 0 aliphatic rings. The van der Waals surface area contributed by atoms with Crippen molar-refractivity contribution in [1.29, 1.82) is 0 Å². The molecular formula is C23H22N2O3. The number of carbonyl (C=O) groups excluding carboxylic acids is 2. The number of ether oxygens (including phenoxy) is 1. The number of hydrogen-bond donors (Lipinski definition) is 2. The van der Waals surface area contributed by atoms with Crippen LogP contribution in [0.15, 0.2) is 78.9 Å². The summed E-state index contributed by atoms with van der Waals surface area (Å²) in [6, 6.07) is 23.3. The maximum absolute atomic E-state index is 12.5. The van der Waals surface area contributed by atoms with Crippen LogP contribution in [0.1, 0.15) is 34.1 Å². The van der Waals surface area contributed by atoms with Crippen molar-refractivity contribution in [2.75, 3.05) is 11.9 Å². The van der Waals surface area contributed by atoms with E-state index in [1.807, 2.05) is 37.3 Å².